The van der Waals surface area contributed by atoms with Crippen LogP contribution in [0.4, 0.5) is 5.69 Å². The minimum atomic E-state index is -3.33. The maximum absolute atomic E-state index is 11.6. The number of nitrogens with zero attached hydrogens (tertiary/aromatic N) is 3. The largest absolute Gasteiger partial charge is 0.356 e. The average Bonchev–Trinajstić information content (AvgIpc) is 3.02. The van der Waals surface area contributed by atoms with E-state index in [1.807, 2.05) is 37.3 Å². The van der Waals surface area contributed by atoms with Gasteiger partial charge in [0.1, 0.15) is 5.82 Å². The molecule has 0 atom stereocenters. The Morgan fingerprint density at radius 3 is 2.55 bits per heavy atom. The molecule has 2 aromatic carbocycles. The van der Waals surface area contributed by atoms with E-state index in [-0.39, 0.29) is 24.0 Å². The summed E-state index contributed by atoms with van der Waals surface area (Å²) in [5, 5.41) is 6.54. The van der Waals surface area contributed by atoms with Gasteiger partial charge in [0.2, 0.25) is 10.0 Å². The quantitative estimate of drug-likeness (QED) is 0.172. The van der Waals surface area contributed by atoms with Crippen molar-refractivity contribution >= 4 is 56.7 Å². The number of aliphatic imine (C=N–C) groups is 1. The van der Waals surface area contributed by atoms with E-state index in [4.69, 9.17) is 0 Å². The van der Waals surface area contributed by atoms with Gasteiger partial charge >= 0.3 is 0 Å². The molecule has 0 spiro atoms. The molecule has 1 heterocycles. The molecule has 1 aromatic heterocycles. The van der Waals surface area contributed by atoms with Crippen LogP contribution in [0.25, 0.3) is 11.0 Å². The molecule has 0 saturated carbocycles. The Bertz CT molecular complexity index is 1140. The van der Waals surface area contributed by atoms with Crippen molar-refractivity contribution in [1.82, 2.24) is 20.2 Å². The Morgan fingerprint density at radius 1 is 1.10 bits per heavy atom. The van der Waals surface area contributed by atoms with Gasteiger partial charge < -0.3 is 15.2 Å². The van der Waals surface area contributed by atoms with Gasteiger partial charge in [0.15, 0.2) is 5.96 Å². The van der Waals surface area contributed by atoms with E-state index in [1.165, 1.54) is 0 Å². The van der Waals surface area contributed by atoms with Crippen LogP contribution < -0.4 is 15.4 Å². The van der Waals surface area contributed by atoms with Gasteiger partial charge in [0.05, 0.1) is 23.0 Å². The fraction of sp³-hybridized carbons (Fsp3) is 0.333. The minimum Gasteiger partial charge on any atom is -0.356 e. The van der Waals surface area contributed by atoms with Crippen LogP contribution in [0.5, 0.6) is 0 Å². The number of hydrogen-bond donors (Lipinski definition) is 3. The van der Waals surface area contributed by atoms with E-state index in [1.54, 1.807) is 19.2 Å². The van der Waals surface area contributed by atoms with Crippen LogP contribution >= 0.6 is 24.0 Å². The molecule has 10 heteroatoms. The molecule has 0 bridgehead atoms. The third-order valence-electron chi connectivity index (χ3n) is 4.68. The second-order valence-corrected chi connectivity index (χ2v) is 8.79. The van der Waals surface area contributed by atoms with E-state index in [0.29, 0.717) is 18.2 Å². The highest BCUT2D eigenvalue weighted by molar-refractivity contribution is 14.0. The molecular weight excluding hydrogens is 527 g/mol. The number of rotatable bonds is 8. The van der Waals surface area contributed by atoms with Gasteiger partial charge in [-0.15, -0.1) is 24.0 Å². The Balaban J connectivity index is 0.00000341. The molecule has 0 unspecified atom stereocenters. The van der Waals surface area contributed by atoms with Crippen LogP contribution in [-0.2, 0) is 23.1 Å². The highest BCUT2D eigenvalue weighted by Gasteiger charge is 2.08. The smallest absolute Gasteiger partial charge is 0.229 e. The first-order valence-corrected chi connectivity index (χ1v) is 11.7. The number of para-hydroxylation sites is 3. The van der Waals surface area contributed by atoms with Crippen molar-refractivity contribution in [2.24, 2.45) is 4.99 Å². The predicted molar refractivity (Wildman–Crippen MR) is 138 cm³/mol. The summed E-state index contributed by atoms with van der Waals surface area (Å²) in [5.74, 6) is 1.67. The lowest BCUT2D eigenvalue weighted by Gasteiger charge is -2.15. The van der Waals surface area contributed by atoms with Crippen LogP contribution in [0.15, 0.2) is 53.5 Å². The lowest BCUT2D eigenvalue weighted by molar-refractivity contribution is 0.606. The molecule has 8 nitrogen and oxygen atoms in total. The monoisotopic (exact) mass is 556 g/mol. The molecule has 0 saturated heterocycles. The molecule has 0 aliphatic carbocycles. The average molecular weight is 556 g/mol. The Hall–Kier alpha value is -2.34. The van der Waals surface area contributed by atoms with E-state index in [2.05, 4.69) is 36.0 Å². The third-order valence-corrected chi connectivity index (χ3v) is 5.27. The molecule has 0 aliphatic heterocycles. The number of aryl methyl sites for hydroxylation is 2. The molecule has 3 aromatic rings. The number of aromatic nitrogens is 2. The predicted octanol–water partition coefficient (Wildman–Crippen LogP) is 3.09. The number of anilines is 1. The number of nitrogens with one attached hydrogen (secondary N) is 3. The van der Waals surface area contributed by atoms with Crippen LogP contribution in [-0.4, -0.2) is 43.8 Å². The van der Waals surface area contributed by atoms with Gasteiger partial charge in [-0.3, -0.25) is 9.71 Å². The van der Waals surface area contributed by atoms with Crippen molar-refractivity contribution < 1.29 is 8.42 Å². The van der Waals surface area contributed by atoms with E-state index >= 15 is 0 Å². The summed E-state index contributed by atoms with van der Waals surface area (Å²) >= 11 is 0. The van der Waals surface area contributed by atoms with Crippen LogP contribution in [0, 0.1) is 6.92 Å². The lowest BCUT2D eigenvalue weighted by Crippen LogP contribution is -2.37. The Labute approximate surface area is 200 Å². The first kappa shape index (κ1) is 24.9. The number of halogens is 1. The summed E-state index contributed by atoms with van der Waals surface area (Å²) in [7, 11) is -1.62. The Morgan fingerprint density at radius 2 is 1.81 bits per heavy atom. The molecule has 0 fully saturated rings. The summed E-state index contributed by atoms with van der Waals surface area (Å²) < 4.78 is 27.9. The molecule has 0 amide bonds. The van der Waals surface area contributed by atoms with Crippen molar-refractivity contribution in [3.63, 3.8) is 0 Å². The number of hydrogen-bond acceptors (Lipinski definition) is 4. The van der Waals surface area contributed by atoms with Gasteiger partial charge in [0.25, 0.3) is 0 Å². The zero-order chi connectivity index (χ0) is 21.6. The highest BCUT2D eigenvalue weighted by atomic mass is 127. The minimum absolute atomic E-state index is 0. The molecule has 0 aliphatic rings. The SMILES string of the molecule is CN=C(NCCCn1c(C)nc2ccccc21)NCc1ccccc1NS(C)(=O)=O.I. The molecule has 31 heavy (non-hydrogen) atoms. The maximum Gasteiger partial charge on any atom is 0.229 e. The maximum atomic E-state index is 11.6. The number of imidazole rings is 1. The van der Waals surface area contributed by atoms with E-state index < -0.39 is 10.0 Å². The lowest BCUT2D eigenvalue weighted by atomic mass is 10.2. The standard InChI is InChI=1S/C21H28N6O2S.HI/c1-16-25-19-11-6-7-12-20(19)27(16)14-8-13-23-21(22-2)24-15-17-9-4-5-10-18(17)26-30(3,28)29;/h4-7,9-12,26H,8,13-15H2,1-3H3,(H2,22,23,24);1H. The first-order chi connectivity index (χ1) is 14.4. The van der Waals surface area contributed by atoms with Crippen molar-refractivity contribution in [2.75, 3.05) is 24.6 Å². The molecule has 168 valence electrons. The summed E-state index contributed by atoms with van der Waals surface area (Å²) in [4.78, 5) is 8.84. The van der Waals surface area contributed by atoms with Gasteiger partial charge in [-0.1, -0.05) is 30.3 Å². The van der Waals surface area contributed by atoms with Gasteiger partial charge in [-0.05, 0) is 37.1 Å². The fourth-order valence-corrected chi connectivity index (χ4v) is 3.89. The van der Waals surface area contributed by atoms with Crippen molar-refractivity contribution in [1.29, 1.82) is 0 Å². The third kappa shape index (κ3) is 7.10. The number of benzene rings is 2. The number of guanidine groups is 1. The second kappa shape index (κ2) is 11.3. The topological polar surface area (TPSA) is 100 Å². The summed E-state index contributed by atoms with van der Waals surface area (Å²) in [6, 6.07) is 15.4. The van der Waals surface area contributed by atoms with Gasteiger partial charge in [-0.2, -0.15) is 0 Å². The number of fused-ring (bicyclic) bond motifs is 1. The van der Waals surface area contributed by atoms with Crippen molar-refractivity contribution in [3.05, 3.63) is 59.9 Å². The highest BCUT2D eigenvalue weighted by Crippen LogP contribution is 2.16. The Kier molecular flexibility index (Phi) is 9.11. The van der Waals surface area contributed by atoms with Crippen molar-refractivity contribution in [2.45, 2.75) is 26.4 Å². The van der Waals surface area contributed by atoms with E-state index in [9.17, 15) is 8.42 Å². The second-order valence-electron chi connectivity index (χ2n) is 7.04. The zero-order valence-electron chi connectivity index (χ0n) is 17.9. The van der Waals surface area contributed by atoms with Gasteiger partial charge in [0, 0.05) is 26.7 Å². The summed E-state index contributed by atoms with van der Waals surface area (Å²) in [5.41, 5.74) is 3.56. The molecular formula is C21H29IN6O2S. The molecule has 0 radical (unpaired) electrons. The summed E-state index contributed by atoms with van der Waals surface area (Å²) in [6.07, 6.45) is 2.05. The molecule has 3 N–H and O–H groups in total. The van der Waals surface area contributed by atoms with E-state index in [0.717, 1.165) is 48.2 Å². The number of sulfonamides is 1. The zero-order valence-corrected chi connectivity index (χ0v) is 21.1. The first-order valence-electron chi connectivity index (χ1n) is 9.79. The fourth-order valence-electron chi connectivity index (χ4n) is 3.30. The molecule has 3 rings (SSSR count). The van der Waals surface area contributed by atoms with Crippen LogP contribution in [0.2, 0.25) is 0 Å². The van der Waals surface area contributed by atoms with Gasteiger partial charge in [-0.25, -0.2) is 13.4 Å². The van der Waals surface area contributed by atoms with Crippen LogP contribution in [0.1, 0.15) is 17.8 Å². The van der Waals surface area contributed by atoms with Crippen LogP contribution in [0.3, 0.4) is 0 Å². The summed E-state index contributed by atoms with van der Waals surface area (Å²) in [6.45, 7) is 4.08. The normalized spacial score (nSPS) is 11.8. The van der Waals surface area contributed by atoms with Crippen molar-refractivity contribution in [3.8, 4) is 0 Å².